The highest BCUT2D eigenvalue weighted by atomic mass is 32.1. The average molecular weight is 298 g/mol. The molecule has 0 radical (unpaired) electrons. The predicted molar refractivity (Wildman–Crippen MR) is 83.5 cm³/mol. The second-order valence-electron chi connectivity index (χ2n) is 6.04. The zero-order chi connectivity index (χ0) is 14.4. The lowest BCUT2D eigenvalue weighted by Gasteiger charge is -2.34. The fourth-order valence-corrected chi connectivity index (χ4v) is 3.65. The van der Waals surface area contributed by atoms with Gasteiger partial charge in [-0.2, -0.15) is 0 Å². The topological polar surface area (TPSA) is 64.4 Å². The van der Waals surface area contributed by atoms with Gasteiger partial charge in [-0.3, -0.25) is 4.79 Å². The van der Waals surface area contributed by atoms with Gasteiger partial charge in [0.25, 0.3) is 0 Å². The SMILES string of the molecule is NC(=S)C1(C(=O)NCCOC2CCCC2)CCCCC1. The summed E-state index contributed by atoms with van der Waals surface area (Å²) >= 11 is 5.16. The van der Waals surface area contributed by atoms with E-state index in [4.69, 9.17) is 22.7 Å². The minimum Gasteiger partial charge on any atom is -0.392 e. The van der Waals surface area contributed by atoms with Crippen LogP contribution in [0.1, 0.15) is 57.8 Å². The Morgan fingerprint density at radius 2 is 1.85 bits per heavy atom. The van der Waals surface area contributed by atoms with E-state index in [2.05, 4.69) is 5.32 Å². The van der Waals surface area contributed by atoms with Crippen molar-refractivity contribution < 1.29 is 9.53 Å². The Bertz CT molecular complexity index is 348. The summed E-state index contributed by atoms with van der Waals surface area (Å²) in [7, 11) is 0. The number of amides is 1. The number of nitrogens with two attached hydrogens (primary N) is 1. The third kappa shape index (κ3) is 3.70. The van der Waals surface area contributed by atoms with Crippen molar-refractivity contribution in [2.45, 2.75) is 63.9 Å². The number of hydrogen-bond acceptors (Lipinski definition) is 3. The zero-order valence-corrected chi connectivity index (χ0v) is 13.0. The van der Waals surface area contributed by atoms with Crippen LogP contribution in [0.5, 0.6) is 0 Å². The first-order valence-corrected chi connectivity index (χ1v) is 8.26. The third-order valence-corrected chi connectivity index (χ3v) is 5.05. The quantitative estimate of drug-likeness (QED) is 0.583. The number of nitrogens with one attached hydrogen (secondary N) is 1. The Morgan fingerprint density at radius 3 is 2.45 bits per heavy atom. The monoisotopic (exact) mass is 298 g/mol. The summed E-state index contributed by atoms with van der Waals surface area (Å²) in [6.45, 7) is 1.14. The van der Waals surface area contributed by atoms with Crippen LogP contribution in [0.15, 0.2) is 0 Å². The summed E-state index contributed by atoms with van der Waals surface area (Å²) in [6.07, 6.45) is 10.1. The molecule has 2 rings (SSSR count). The molecule has 0 aromatic carbocycles. The Kier molecular flexibility index (Phi) is 5.78. The molecule has 3 N–H and O–H groups in total. The molecule has 1 amide bonds. The molecule has 0 heterocycles. The van der Waals surface area contributed by atoms with E-state index in [0.717, 1.165) is 38.5 Å². The Balaban J connectivity index is 1.75. The van der Waals surface area contributed by atoms with E-state index >= 15 is 0 Å². The minimum atomic E-state index is -0.610. The number of rotatable bonds is 6. The van der Waals surface area contributed by atoms with Gasteiger partial charge < -0.3 is 15.8 Å². The van der Waals surface area contributed by atoms with Crippen LogP contribution in [-0.4, -0.2) is 30.2 Å². The van der Waals surface area contributed by atoms with E-state index in [1.165, 1.54) is 19.3 Å². The van der Waals surface area contributed by atoms with Gasteiger partial charge in [-0.1, -0.05) is 44.3 Å². The molecule has 2 saturated carbocycles. The molecule has 2 aliphatic carbocycles. The molecule has 2 aliphatic rings. The van der Waals surface area contributed by atoms with Crippen LogP contribution in [0.3, 0.4) is 0 Å². The molecule has 0 bridgehead atoms. The molecule has 0 aromatic rings. The Hall–Kier alpha value is -0.680. The molecular weight excluding hydrogens is 272 g/mol. The largest absolute Gasteiger partial charge is 0.392 e. The van der Waals surface area contributed by atoms with Crippen LogP contribution >= 0.6 is 12.2 Å². The summed E-state index contributed by atoms with van der Waals surface area (Å²) in [6, 6.07) is 0. The fourth-order valence-electron chi connectivity index (χ4n) is 3.36. The van der Waals surface area contributed by atoms with Crippen LogP contribution < -0.4 is 11.1 Å². The maximum absolute atomic E-state index is 12.4. The molecule has 20 heavy (non-hydrogen) atoms. The van der Waals surface area contributed by atoms with Crippen LogP contribution in [0, 0.1) is 5.41 Å². The van der Waals surface area contributed by atoms with Gasteiger partial charge in [-0.25, -0.2) is 0 Å². The first-order valence-electron chi connectivity index (χ1n) is 7.85. The summed E-state index contributed by atoms with van der Waals surface area (Å²) in [5, 5.41) is 2.97. The van der Waals surface area contributed by atoms with Crippen LogP contribution in [0.2, 0.25) is 0 Å². The average Bonchev–Trinajstić information content (AvgIpc) is 2.97. The van der Waals surface area contributed by atoms with Gasteiger partial charge in [-0.15, -0.1) is 0 Å². The zero-order valence-electron chi connectivity index (χ0n) is 12.2. The normalized spacial score (nSPS) is 22.6. The van der Waals surface area contributed by atoms with Gasteiger partial charge in [0.15, 0.2) is 0 Å². The molecule has 5 heteroatoms. The van der Waals surface area contributed by atoms with Crippen LogP contribution in [0.25, 0.3) is 0 Å². The van der Waals surface area contributed by atoms with E-state index in [1.807, 2.05) is 0 Å². The number of thiocarbonyl (C=S) groups is 1. The van der Waals surface area contributed by atoms with Gasteiger partial charge in [0.1, 0.15) is 0 Å². The summed E-state index contributed by atoms with van der Waals surface area (Å²) in [5.41, 5.74) is 5.24. The Labute approximate surface area is 126 Å². The summed E-state index contributed by atoms with van der Waals surface area (Å²) in [5.74, 6) is -0.000257. The first-order chi connectivity index (χ1) is 9.65. The molecule has 0 spiro atoms. The van der Waals surface area contributed by atoms with Crippen molar-refractivity contribution >= 4 is 23.1 Å². The number of carbonyl (C=O) groups excluding carboxylic acids is 1. The van der Waals surface area contributed by atoms with Crippen molar-refractivity contribution in [2.75, 3.05) is 13.2 Å². The van der Waals surface area contributed by atoms with Crippen molar-refractivity contribution in [3.63, 3.8) is 0 Å². The van der Waals surface area contributed by atoms with Gasteiger partial charge in [0.05, 0.1) is 23.1 Å². The fraction of sp³-hybridized carbons (Fsp3) is 0.867. The van der Waals surface area contributed by atoms with E-state index in [9.17, 15) is 4.79 Å². The smallest absolute Gasteiger partial charge is 0.233 e. The minimum absolute atomic E-state index is 0.000257. The molecular formula is C15H26N2O2S. The lowest BCUT2D eigenvalue weighted by atomic mass is 9.73. The van der Waals surface area contributed by atoms with Gasteiger partial charge >= 0.3 is 0 Å². The summed E-state index contributed by atoms with van der Waals surface area (Å²) < 4.78 is 5.76. The molecule has 0 aliphatic heterocycles. The molecule has 114 valence electrons. The van der Waals surface area contributed by atoms with Crippen molar-refractivity contribution in [1.82, 2.24) is 5.32 Å². The third-order valence-electron chi connectivity index (χ3n) is 4.66. The van der Waals surface area contributed by atoms with Crippen LogP contribution in [0.4, 0.5) is 0 Å². The van der Waals surface area contributed by atoms with Gasteiger partial charge in [0, 0.05) is 6.54 Å². The van der Waals surface area contributed by atoms with Crippen molar-refractivity contribution in [2.24, 2.45) is 11.1 Å². The molecule has 4 nitrogen and oxygen atoms in total. The lowest BCUT2D eigenvalue weighted by molar-refractivity contribution is -0.129. The van der Waals surface area contributed by atoms with E-state index < -0.39 is 5.41 Å². The van der Waals surface area contributed by atoms with E-state index in [0.29, 0.717) is 24.2 Å². The van der Waals surface area contributed by atoms with Crippen molar-refractivity contribution in [3.8, 4) is 0 Å². The second kappa shape index (κ2) is 7.36. The maximum Gasteiger partial charge on any atom is 0.233 e. The van der Waals surface area contributed by atoms with Crippen molar-refractivity contribution in [1.29, 1.82) is 0 Å². The highest BCUT2D eigenvalue weighted by molar-refractivity contribution is 7.80. The lowest BCUT2D eigenvalue weighted by Crippen LogP contribution is -2.50. The highest BCUT2D eigenvalue weighted by Gasteiger charge is 2.42. The number of carbonyl (C=O) groups is 1. The maximum atomic E-state index is 12.4. The highest BCUT2D eigenvalue weighted by Crippen LogP contribution is 2.36. The molecule has 0 atom stereocenters. The van der Waals surface area contributed by atoms with Crippen molar-refractivity contribution in [3.05, 3.63) is 0 Å². The molecule has 2 fully saturated rings. The predicted octanol–water partition coefficient (Wildman–Crippen LogP) is 2.30. The number of ether oxygens (including phenoxy) is 1. The second-order valence-corrected chi connectivity index (χ2v) is 6.48. The van der Waals surface area contributed by atoms with Gasteiger partial charge in [0.2, 0.25) is 5.91 Å². The number of hydrogen-bond donors (Lipinski definition) is 2. The molecule has 0 saturated heterocycles. The van der Waals surface area contributed by atoms with Crippen LogP contribution in [-0.2, 0) is 9.53 Å². The Morgan fingerprint density at radius 1 is 1.20 bits per heavy atom. The standard InChI is InChI=1S/C15H26N2O2S/c16-13(20)15(8-4-1-5-9-15)14(18)17-10-11-19-12-6-2-3-7-12/h12H,1-11H2,(H2,16,20)(H,17,18). The van der Waals surface area contributed by atoms with E-state index in [1.54, 1.807) is 0 Å². The molecule has 0 unspecified atom stereocenters. The molecule has 0 aromatic heterocycles. The first kappa shape index (κ1) is 15.7. The van der Waals surface area contributed by atoms with Gasteiger partial charge in [-0.05, 0) is 25.7 Å². The van der Waals surface area contributed by atoms with E-state index in [-0.39, 0.29) is 5.91 Å². The summed E-state index contributed by atoms with van der Waals surface area (Å²) in [4.78, 5) is 12.8.